The Morgan fingerprint density at radius 1 is 1.33 bits per heavy atom. The SMILES string of the molecule is O=[N+]([O-])c1ccc(Oc2ccnc(F)c2)c(Cl)c1. The first-order valence-corrected chi connectivity index (χ1v) is 5.17. The number of pyridine rings is 1. The lowest BCUT2D eigenvalue weighted by molar-refractivity contribution is -0.384. The molecule has 0 aliphatic rings. The van der Waals surface area contributed by atoms with E-state index in [9.17, 15) is 14.5 Å². The summed E-state index contributed by atoms with van der Waals surface area (Å²) in [5.41, 5.74) is -0.145. The summed E-state index contributed by atoms with van der Waals surface area (Å²) in [6, 6.07) is 6.28. The Morgan fingerprint density at radius 2 is 2.11 bits per heavy atom. The topological polar surface area (TPSA) is 65.3 Å². The van der Waals surface area contributed by atoms with E-state index in [0.29, 0.717) is 0 Å². The van der Waals surface area contributed by atoms with Gasteiger partial charge in [-0.05, 0) is 12.1 Å². The fourth-order valence-electron chi connectivity index (χ4n) is 1.26. The molecular formula is C11H6ClFN2O3. The number of ether oxygens (including phenoxy) is 1. The summed E-state index contributed by atoms with van der Waals surface area (Å²) in [7, 11) is 0. The van der Waals surface area contributed by atoms with Crippen molar-refractivity contribution in [1.29, 1.82) is 0 Å². The molecule has 0 saturated heterocycles. The highest BCUT2D eigenvalue weighted by atomic mass is 35.5. The molecule has 7 heteroatoms. The first kappa shape index (κ1) is 12.3. The number of benzene rings is 1. The van der Waals surface area contributed by atoms with Crippen molar-refractivity contribution in [2.24, 2.45) is 0 Å². The Hall–Kier alpha value is -2.21. The van der Waals surface area contributed by atoms with Gasteiger partial charge in [0.25, 0.3) is 5.69 Å². The molecule has 2 aromatic rings. The third kappa shape index (κ3) is 2.72. The van der Waals surface area contributed by atoms with Crippen molar-refractivity contribution in [2.75, 3.05) is 0 Å². The number of aromatic nitrogens is 1. The number of rotatable bonds is 3. The average Bonchev–Trinajstić information content (AvgIpc) is 2.31. The molecule has 0 saturated carbocycles. The van der Waals surface area contributed by atoms with Gasteiger partial charge in [0, 0.05) is 24.4 Å². The Morgan fingerprint density at radius 3 is 2.72 bits per heavy atom. The lowest BCUT2D eigenvalue weighted by Crippen LogP contribution is -1.91. The maximum absolute atomic E-state index is 12.8. The maximum Gasteiger partial charge on any atom is 0.271 e. The molecule has 5 nitrogen and oxygen atoms in total. The minimum atomic E-state index is -0.689. The molecule has 0 bridgehead atoms. The molecule has 1 aromatic heterocycles. The number of hydrogen-bond donors (Lipinski definition) is 0. The fraction of sp³-hybridized carbons (Fsp3) is 0. The number of non-ortho nitro benzene ring substituents is 1. The molecule has 0 N–H and O–H groups in total. The van der Waals surface area contributed by atoms with E-state index >= 15 is 0 Å². The van der Waals surface area contributed by atoms with Crippen LogP contribution in [0.3, 0.4) is 0 Å². The normalized spacial score (nSPS) is 10.1. The van der Waals surface area contributed by atoms with Gasteiger partial charge < -0.3 is 4.74 Å². The molecule has 1 aromatic carbocycles. The molecule has 18 heavy (non-hydrogen) atoms. The first-order valence-electron chi connectivity index (χ1n) is 4.79. The molecule has 0 aliphatic heterocycles. The van der Waals surface area contributed by atoms with Crippen molar-refractivity contribution in [3.05, 3.63) is 57.6 Å². The van der Waals surface area contributed by atoms with Gasteiger partial charge in [-0.2, -0.15) is 4.39 Å². The minimum Gasteiger partial charge on any atom is -0.456 e. The molecule has 92 valence electrons. The molecule has 0 atom stereocenters. The highest BCUT2D eigenvalue weighted by Gasteiger charge is 2.11. The van der Waals surface area contributed by atoms with Gasteiger partial charge >= 0.3 is 0 Å². The van der Waals surface area contributed by atoms with E-state index in [1.54, 1.807) is 0 Å². The molecule has 1 heterocycles. The zero-order valence-electron chi connectivity index (χ0n) is 8.84. The summed E-state index contributed by atoms with van der Waals surface area (Å²) in [5.74, 6) is -0.281. The second-order valence-corrected chi connectivity index (χ2v) is 3.70. The highest BCUT2D eigenvalue weighted by Crippen LogP contribution is 2.32. The van der Waals surface area contributed by atoms with E-state index in [0.717, 1.165) is 12.1 Å². The second kappa shape index (κ2) is 4.97. The predicted molar refractivity (Wildman–Crippen MR) is 62.4 cm³/mol. The third-order valence-corrected chi connectivity index (χ3v) is 2.35. The zero-order valence-corrected chi connectivity index (χ0v) is 9.60. The van der Waals surface area contributed by atoms with Crippen LogP contribution in [-0.4, -0.2) is 9.91 Å². The summed E-state index contributed by atoms with van der Waals surface area (Å²) in [6.07, 6.45) is 1.24. The molecule has 0 unspecified atom stereocenters. The summed E-state index contributed by atoms with van der Waals surface area (Å²) in [6.45, 7) is 0. The number of nitrogens with zero attached hydrogens (tertiary/aromatic N) is 2. The molecule has 0 aliphatic carbocycles. The summed E-state index contributed by atoms with van der Waals surface area (Å²) >= 11 is 5.82. The average molecular weight is 269 g/mol. The maximum atomic E-state index is 12.8. The number of halogens is 2. The fourth-order valence-corrected chi connectivity index (χ4v) is 1.47. The minimum absolute atomic E-state index is 0.0708. The van der Waals surface area contributed by atoms with Gasteiger partial charge in [0.1, 0.15) is 11.5 Å². The first-order chi connectivity index (χ1) is 8.56. The monoisotopic (exact) mass is 268 g/mol. The van der Waals surface area contributed by atoms with Gasteiger partial charge in [0.2, 0.25) is 5.95 Å². The molecule has 2 rings (SSSR count). The van der Waals surface area contributed by atoms with Gasteiger partial charge in [-0.1, -0.05) is 11.6 Å². The quantitative estimate of drug-likeness (QED) is 0.485. The van der Waals surface area contributed by atoms with Gasteiger partial charge in [-0.15, -0.1) is 0 Å². The van der Waals surface area contributed by atoms with E-state index < -0.39 is 10.9 Å². The Kier molecular flexibility index (Phi) is 3.38. The van der Waals surface area contributed by atoms with Crippen LogP contribution in [0.2, 0.25) is 5.02 Å². The van der Waals surface area contributed by atoms with Crippen molar-refractivity contribution in [1.82, 2.24) is 4.98 Å². The zero-order chi connectivity index (χ0) is 13.1. The molecule has 0 radical (unpaired) electrons. The van der Waals surface area contributed by atoms with Gasteiger partial charge in [0.05, 0.1) is 9.95 Å². The number of hydrogen-bond acceptors (Lipinski definition) is 4. The van der Waals surface area contributed by atoms with Crippen molar-refractivity contribution >= 4 is 17.3 Å². The lowest BCUT2D eigenvalue weighted by atomic mass is 10.3. The standard InChI is InChI=1S/C11H6ClFN2O3/c12-9-5-7(15(16)17)1-2-10(9)18-8-3-4-14-11(13)6-8/h1-6H. The van der Waals surface area contributed by atoms with E-state index in [-0.39, 0.29) is 22.2 Å². The van der Waals surface area contributed by atoms with Gasteiger partial charge in [0.15, 0.2) is 0 Å². The molecular weight excluding hydrogens is 263 g/mol. The third-order valence-electron chi connectivity index (χ3n) is 2.05. The van der Waals surface area contributed by atoms with Crippen LogP contribution in [0.5, 0.6) is 11.5 Å². The van der Waals surface area contributed by atoms with Gasteiger partial charge in [-0.25, -0.2) is 4.98 Å². The summed E-state index contributed by atoms with van der Waals surface area (Å²) in [4.78, 5) is 13.3. The predicted octanol–water partition coefficient (Wildman–Crippen LogP) is 3.57. The Labute approximate surface area is 106 Å². The molecule has 0 amide bonds. The van der Waals surface area contributed by atoms with Crippen LogP contribution in [-0.2, 0) is 0 Å². The highest BCUT2D eigenvalue weighted by molar-refractivity contribution is 6.32. The largest absolute Gasteiger partial charge is 0.456 e. The second-order valence-electron chi connectivity index (χ2n) is 3.29. The van der Waals surface area contributed by atoms with Crippen molar-refractivity contribution in [3.63, 3.8) is 0 Å². The number of nitro benzene ring substituents is 1. The van der Waals surface area contributed by atoms with Crippen LogP contribution in [0, 0.1) is 16.1 Å². The number of nitro groups is 1. The van der Waals surface area contributed by atoms with Crippen LogP contribution in [0.25, 0.3) is 0 Å². The summed E-state index contributed by atoms with van der Waals surface area (Å²) in [5, 5.41) is 10.6. The van der Waals surface area contributed by atoms with E-state index in [1.165, 1.54) is 24.4 Å². The molecule has 0 fully saturated rings. The smallest absolute Gasteiger partial charge is 0.271 e. The van der Waals surface area contributed by atoms with Crippen LogP contribution in [0.1, 0.15) is 0 Å². The summed E-state index contributed by atoms with van der Waals surface area (Å²) < 4.78 is 18.1. The van der Waals surface area contributed by atoms with Crippen LogP contribution < -0.4 is 4.74 Å². The van der Waals surface area contributed by atoms with Crippen molar-refractivity contribution < 1.29 is 14.1 Å². The van der Waals surface area contributed by atoms with E-state index in [1.807, 2.05) is 0 Å². The lowest BCUT2D eigenvalue weighted by Gasteiger charge is -2.06. The van der Waals surface area contributed by atoms with E-state index in [4.69, 9.17) is 16.3 Å². The van der Waals surface area contributed by atoms with Gasteiger partial charge in [-0.3, -0.25) is 10.1 Å². The van der Waals surface area contributed by atoms with Crippen molar-refractivity contribution in [3.8, 4) is 11.5 Å². The van der Waals surface area contributed by atoms with Crippen LogP contribution in [0.4, 0.5) is 10.1 Å². The van der Waals surface area contributed by atoms with Crippen LogP contribution >= 0.6 is 11.6 Å². The van der Waals surface area contributed by atoms with Crippen LogP contribution in [0.15, 0.2) is 36.5 Å². The Balaban J connectivity index is 2.27. The van der Waals surface area contributed by atoms with Crippen molar-refractivity contribution in [2.45, 2.75) is 0 Å². The van der Waals surface area contributed by atoms with E-state index in [2.05, 4.69) is 4.98 Å². The molecule has 0 spiro atoms. The Bertz CT molecular complexity index is 607.